The first-order valence-corrected chi connectivity index (χ1v) is 31.0. The summed E-state index contributed by atoms with van der Waals surface area (Å²) in [5.41, 5.74) is 5.42. The Labute approximate surface area is 588 Å². The van der Waals surface area contributed by atoms with Crippen molar-refractivity contribution in [1.29, 1.82) is 0 Å². The summed E-state index contributed by atoms with van der Waals surface area (Å²) in [5, 5.41) is 0. The van der Waals surface area contributed by atoms with Crippen molar-refractivity contribution < 1.29 is 97.7 Å². The molecule has 0 aromatic heterocycles. The van der Waals surface area contributed by atoms with E-state index in [1.165, 1.54) is 70.9 Å². The first-order chi connectivity index (χ1) is 48.7. The second-order valence-electron chi connectivity index (χ2n) is 22.0. The average molecular weight is 1400 g/mol. The molecule has 0 bridgehead atoms. The minimum atomic E-state index is -4.61. The lowest BCUT2D eigenvalue weighted by atomic mass is 9.97. The number of hydrogen-bond acceptors (Lipinski definition) is 15. The third-order valence-electron chi connectivity index (χ3n) is 15.5. The highest BCUT2D eigenvalue weighted by atomic mass is 19.4. The van der Waals surface area contributed by atoms with Crippen molar-refractivity contribution in [3.05, 3.63) is 295 Å². The maximum absolute atomic E-state index is 13.0. The molecule has 0 saturated carbocycles. The smallest absolute Gasteiger partial charge is 0.417 e. The van der Waals surface area contributed by atoms with Crippen LogP contribution in [0.5, 0.6) is 57.5 Å². The minimum Gasteiger partial charge on any atom is -0.497 e. The van der Waals surface area contributed by atoms with Crippen molar-refractivity contribution >= 4 is 28.9 Å². The first kappa shape index (κ1) is 79.1. The molecule has 102 heavy (non-hydrogen) atoms. The Morgan fingerprint density at radius 1 is 0.265 bits per heavy atom. The molecule has 10 aromatic rings. The van der Waals surface area contributed by atoms with Crippen LogP contribution in [0.4, 0.5) is 26.3 Å². The van der Waals surface area contributed by atoms with E-state index >= 15 is 0 Å². The molecule has 532 valence electrons. The lowest BCUT2D eigenvalue weighted by Crippen LogP contribution is -2.14. The van der Waals surface area contributed by atoms with Gasteiger partial charge in [-0.2, -0.15) is 26.3 Å². The van der Waals surface area contributed by atoms with Gasteiger partial charge < -0.3 is 47.4 Å². The SMILES string of the molecule is COc1c(C)cccc1C(=O)c1cccc(C)c1OC.COc1ccc(C(=O)c2ccc(C(F)(F)F)cc2)c(OC)c1.COc1ccc(C(=O)c2ccccc2C(F)(F)F)c(OC)c1.COc1ccc(C)cc1C(=O)c1cc(C)ccc1OC.COc1ccccc1C(=O)c1ccccc1OC. The van der Waals surface area contributed by atoms with E-state index in [4.69, 9.17) is 47.4 Å². The van der Waals surface area contributed by atoms with E-state index in [1.807, 2.05) is 113 Å². The van der Waals surface area contributed by atoms with Gasteiger partial charge in [0.2, 0.25) is 0 Å². The zero-order valence-corrected chi connectivity index (χ0v) is 58.5. The summed E-state index contributed by atoms with van der Waals surface area (Å²) in [5.74, 6) is 3.43. The van der Waals surface area contributed by atoms with Crippen molar-refractivity contribution in [3.8, 4) is 57.5 Å². The number of ketones is 5. The third kappa shape index (κ3) is 19.9. The van der Waals surface area contributed by atoms with Crippen LogP contribution in [0.15, 0.2) is 206 Å². The van der Waals surface area contributed by atoms with Crippen LogP contribution in [0.2, 0.25) is 0 Å². The number of benzene rings is 10. The molecule has 10 rings (SSSR count). The fourth-order valence-corrected chi connectivity index (χ4v) is 10.3. The molecule has 0 aliphatic heterocycles. The van der Waals surface area contributed by atoms with Gasteiger partial charge in [0.15, 0.2) is 28.9 Å². The summed E-state index contributed by atoms with van der Waals surface area (Å²) < 4.78 is 129. The number of ether oxygens (including phenoxy) is 10. The number of rotatable bonds is 20. The number of alkyl halides is 6. The van der Waals surface area contributed by atoms with Crippen LogP contribution in [-0.4, -0.2) is 100 Å². The molecule has 0 amide bonds. The lowest BCUT2D eigenvalue weighted by Gasteiger charge is -2.14. The highest BCUT2D eigenvalue weighted by Gasteiger charge is 2.36. The van der Waals surface area contributed by atoms with Crippen LogP contribution < -0.4 is 47.4 Å². The third-order valence-corrected chi connectivity index (χ3v) is 15.5. The molecule has 15 nitrogen and oxygen atoms in total. The number of halogens is 6. The van der Waals surface area contributed by atoms with Crippen molar-refractivity contribution in [2.24, 2.45) is 0 Å². The Balaban J connectivity index is 0.000000201. The highest BCUT2D eigenvalue weighted by Crippen LogP contribution is 2.37. The molecule has 0 unspecified atom stereocenters. The van der Waals surface area contributed by atoms with Crippen LogP contribution in [0.25, 0.3) is 0 Å². The Morgan fingerprint density at radius 3 is 0.980 bits per heavy atom. The number of carbonyl (C=O) groups is 5. The summed E-state index contributed by atoms with van der Waals surface area (Å²) >= 11 is 0. The van der Waals surface area contributed by atoms with Gasteiger partial charge in [0, 0.05) is 23.3 Å². The predicted molar refractivity (Wildman–Crippen MR) is 376 cm³/mol. The van der Waals surface area contributed by atoms with Crippen molar-refractivity contribution in [2.75, 3.05) is 71.1 Å². The Bertz CT molecular complexity index is 4390. The van der Waals surface area contributed by atoms with Gasteiger partial charge in [-0.15, -0.1) is 0 Å². The summed E-state index contributed by atoms with van der Waals surface area (Å²) in [6.07, 6.45) is -9.04. The maximum Gasteiger partial charge on any atom is 0.417 e. The molecule has 0 fully saturated rings. The van der Waals surface area contributed by atoms with E-state index in [-0.39, 0.29) is 39.8 Å². The first-order valence-electron chi connectivity index (χ1n) is 31.0. The number of methoxy groups -OCH3 is 10. The zero-order chi connectivity index (χ0) is 75.0. The molecule has 10 aromatic carbocycles. The Hall–Kier alpha value is -11.9. The molecule has 21 heteroatoms. The van der Waals surface area contributed by atoms with Crippen LogP contribution >= 0.6 is 0 Å². The number of aryl methyl sites for hydroxylation is 4. The number of carbonyl (C=O) groups excluding carboxylic acids is 5. The standard InChI is InChI=1S/2C17H18O3.2C16H13F3O3.C15H14O3/c1-11-5-7-15(19-3)13(9-11)17(18)14-10-12(2)6-8-16(14)20-4;1-11-7-5-9-13(16(11)19-3)15(18)14-10-6-8-12(2)17(14)20-4;1-21-12-7-8-13(14(9-12)22-2)15(20)10-3-5-11(6-4-10)16(17,18)19;1-21-10-7-8-12(14(9-10)22-2)15(20)11-5-3-4-6-13(11)16(17,18)19;1-17-13-9-5-3-7-11(13)15(16)12-8-4-6-10-14(12)18-2/h2*5-10H,1-4H3;2*3-9H,1-2H3;3-10H,1-2H3. The largest absolute Gasteiger partial charge is 0.497 e. The molecule has 0 N–H and O–H groups in total. The van der Waals surface area contributed by atoms with Gasteiger partial charge in [0.25, 0.3) is 0 Å². The fraction of sp³-hybridized carbons (Fsp3) is 0.198. The van der Waals surface area contributed by atoms with Crippen molar-refractivity contribution in [3.63, 3.8) is 0 Å². The van der Waals surface area contributed by atoms with E-state index in [2.05, 4.69) is 0 Å². The maximum atomic E-state index is 13.0. The van der Waals surface area contributed by atoms with Crippen LogP contribution in [0.3, 0.4) is 0 Å². The highest BCUT2D eigenvalue weighted by molar-refractivity contribution is 6.15. The summed E-state index contributed by atoms with van der Waals surface area (Å²) in [6, 6.07) is 54.2. The average Bonchev–Trinajstić information content (AvgIpc) is 0.802. The number of hydrogen-bond donors (Lipinski definition) is 0. The molecule has 0 aliphatic carbocycles. The van der Waals surface area contributed by atoms with E-state index in [0.29, 0.717) is 85.1 Å². The van der Waals surface area contributed by atoms with Crippen LogP contribution in [-0.2, 0) is 12.4 Å². The van der Waals surface area contributed by atoms with E-state index < -0.39 is 40.6 Å². The predicted octanol–water partition coefficient (Wildman–Crippen LogP) is 17.9. The van der Waals surface area contributed by atoms with Gasteiger partial charge in [-0.1, -0.05) is 102 Å². The number of para-hydroxylation sites is 4. The van der Waals surface area contributed by atoms with Crippen molar-refractivity contribution in [1.82, 2.24) is 0 Å². The fourth-order valence-electron chi connectivity index (χ4n) is 10.3. The molecule has 0 radical (unpaired) electrons. The molecular weight excluding hydrogens is 1330 g/mol. The zero-order valence-electron chi connectivity index (χ0n) is 58.5. The lowest BCUT2D eigenvalue weighted by molar-refractivity contribution is -0.138. The van der Waals surface area contributed by atoms with Gasteiger partial charge in [-0.3, -0.25) is 24.0 Å². The van der Waals surface area contributed by atoms with Gasteiger partial charge in [-0.25, -0.2) is 0 Å². The molecule has 0 atom stereocenters. The van der Waals surface area contributed by atoms with Crippen molar-refractivity contribution in [2.45, 2.75) is 40.0 Å². The van der Waals surface area contributed by atoms with Gasteiger partial charge in [-0.05, 0) is 142 Å². The molecule has 0 spiro atoms. The minimum absolute atomic E-state index is 0.0417. The second-order valence-corrected chi connectivity index (χ2v) is 22.0. The monoisotopic (exact) mass is 1400 g/mol. The quantitative estimate of drug-likeness (QED) is 0.0519. The van der Waals surface area contributed by atoms with Gasteiger partial charge in [0.1, 0.15) is 57.5 Å². The van der Waals surface area contributed by atoms with E-state index in [9.17, 15) is 50.3 Å². The second kappa shape index (κ2) is 36.8. The summed E-state index contributed by atoms with van der Waals surface area (Å²) in [4.78, 5) is 62.8. The topological polar surface area (TPSA) is 178 Å². The molecular formula is C81H76F6O15. The normalized spacial score (nSPS) is 10.5. The Kier molecular flexibility index (Phi) is 28.6. The molecule has 0 saturated heterocycles. The summed E-state index contributed by atoms with van der Waals surface area (Å²) in [7, 11) is 15.0. The Morgan fingerprint density at radius 2 is 0.598 bits per heavy atom. The van der Waals surface area contributed by atoms with Crippen LogP contribution in [0, 0.1) is 27.7 Å². The van der Waals surface area contributed by atoms with E-state index in [1.54, 1.807) is 85.1 Å². The molecule has 0 aliphatic rings. The molecule has 0 heterocycles. The van der Waals surface area contributed by atoms with Crippen LogP contribution in [0.1, 0.15) is 113 Å². The summed E-state index contributed by atoms with van der Waals surface area (Å²) in [6.45, 7) is 7.74. The van der Waals surface area contributed by atoms with Gasteiger partial charge >= 0.3 is 12.4 Å². The van der Waals surface area contributed by atoms with E-state index in [0.717, 1.165) is 58.7 Å². The van der Waals surface area contributed by atoms with Gasteiger partial charge in [0.05, 0.1) is 127 Å².